The van der Waals surface area contributed by atoms with E-state index in [9.17, 15) is 0 Å². The number of ether oxygens (including phenoxy) is 1. The summed E-state index contributed by atoms with van der Waals surface area (Å²) >= 11 is 7.17. The van der Waals surface area contributed by atoms with Crippen molar-refractivity contribution in [2.24, 2.45) is 11.7 Å². The van der Waals surface area contributed by atoms with E-state index in [0.29, 0.717) is 12.6 Å². The molecule has 1 fully saturated rings. The number of rotatable bonds is 4. The van der Waals surface area contributed by atoms with Crippen molar-refractivity contribution < 1.29 is 4.74 Å². The second-order valence-corrected chi connectivity index (χ2v) is 6.98. The van der Waals surface area contributed by atoms with Crippen LogP contribution < -0.4 is 10.5 Å². The summed E-state index contributed by atoms with van der Waals surface area (Å²) in [7, 11) is 0. The topological polar surface area (TPSA) is 35.2 Å². The molecule has 0 heterocycles. The second kappa shape index (κ2) is 7.09. The van der Waals surface area contributed by atoms with Crippen molar-refractivity contribution in [3.8, 4) is 5.75 Å². The molecule has 0 aliphatic heterocycles. The Bertz CT molecular complexity index is 413. The molecule has 2 nitrogen and oxygen atoms in total. The molecule has 2 atom stereocenters. The van der Waals surface area contributed by atoms with Gasteiger partial charge in [-0.3, -0.25) is 0 Å². The highest BCUT2D eigenvalue weighted by Crippen LogP contribution is 2.38. The monoisotopic (exact) mass is 389 g/mol. The molecule has 2 rings (SSSR count). The Labute approximate surface area is 132 Å². The largest absolute Gasteiger partial charge is 0.488 e. The summed E-state index contributed by atoms with van der Waals surface area (Å²) in [5, 5.41) is 0. The quantitative estimate of drug-likeness (QED) is 0.783. The van der Waals surface area contributed by atoms with Gasteiger partial charge in [0.05, 0.1) is 15.0 Å². The Hall–Kier alpha value is -0.0600. The normalized spacial score (nSPS) is 23.4. The van der Waals surface area contributed by atoms with Crippen LogP contribution in [0.5, 0.6) is 5.75 Å². The molecule has 1 aliphatic rings. The molecule has 2 unspecified atom stereocenters. The van der Waals surface area contributed by atoms with Gasteiger partial charge < -0.3 is 10.5 Å². The minimum Gasteiger partial charge on any atom is -0.488 e. The summed E-state index contributed by atoms with van der Waals surface area (Å²) in [5.74, 6) is 1.73. The Morgan fingerprint density at radius 2 is 1.95 bits per heavy atom. The molecule has 4 heteroatoms. The average Bonchev–Trinajstić information content (AvgIpc) is 2.42. The van der Waals surface area contributed by atoms with E-state index >= 15 is 0 Å². The van der Waals surface area contributed by atoms with E-state index in [1.807, 2.05) is 12.1 Å². The molecule has 0 aromatic heterocycles. The third kappa shape index (κ3) is 3.96. The Balaban J connectivity index is 2.10. The first-order valence-corrected chi connectivity index (χ1v) is 8.57. The number of benzene rings is 1. The molecule has 1 aromatic rings. The Morgan fingerprint density at radius 3 is 2.53 bits per heavy atom. The fourth-order valence-electron chi connectivity index (χ4n) is 2.73. The molecule has 0 saturated heterocycles. The van der Waals surface area contributed by atoms with Crippen LogP contribution in [0.3, 0.4) is 0 Å². The van der Waals surface area contributed by atoms with Crippen molar-refractivity contribution in [2.45, 2.75) is 51.7 Å². The van der Waals surface area contributed by atoms with Crippen molar-refractivity contribution in [3.05, 3.63) is 26.6 Å². The van der Waals surface area contributed by atoms with Crippen LogP contribution in [-0.4, -0.2) is 6.10 Å². The fourth-order valence-corrected chi connectivity index (χ4v) is 4.20. The summed E-state index contributed by atoms with van der Waals surface area (Å²) in [4.78, 5) is 0. The van der Waals surface area contributed by atoms with Crippen LogP contribution in [0.25, 0.3) is 0 Å². The van der Waals surface area contributed by atoms with Crippen LogP contribution >= 0.6 is 31.9 Å². The zero-order chi connectivity index (χ0) is 13.8. The van der Waals surface area contributed by atoms with E-state index in [1.54, 1.807) is 0 Å². The molecule has 0 spiro atoms. The van der Waals surface area contributed by atoms with Crippen LogP contribution in [0.1, 0.15) is 44.6 Å². The molecule has 0 radical (unpaired) electrons. The van der Waals surface area contributed by atoms with Crippen LogP contribution in [0, 0.1) is 5.92 Å². The molecular formula is C15H21Br2NO. The van der Waals surface area contributed by atoms with Crippen molar-refractivity contribution >= 4 is 31.9 Å². The first-order chi connectivity index (χ1) is 9.13. The zero-order valence-corrected chi connectivity index (χ0v) is 14.5. The van der Waals surface area contributed by atoms with Gasteiger partial charge in [0.15, 0.2) is 0 Å². The summed E-state index contributed by atoms with van der Waals surface area (Å²) in [6, 6.07) is 4.08. The Morgan fingerprint density at radius 1 is 1.26 bits per heavy atom. The maximum Gasteiger partial charge on any atom is 0.148 e. The molecule has 106 valence electrons. The van der Waals surface area contributed by atoms with E-state index in [4.69, 9.17) is 10.5 Å². The van der Waals surface area contributed by atoms with Gasteiger partial charge in [-0.2, -0.15) is 0 Å². The lowest BCUT2D eigenvalue weighted by Gasteiger charge is -2.29. The van der Waals surface area contributed by atoms with Crippen molar-refractivity contribution in [1.82, 2.24) is 0 Å². The minimum absolute atomic E-state index is 0.343. The predicted octanol–water partition coefficient (Wildman–Crippen LogP) is 5.02. The lowest BCUT2D eigenvalue weighted by atomic mass is 9.85. The third-order valence-corrected chi connectivity index (χ3v) is 5.07. The van der Waals surface area contributed by atoms with Gasteiger partial charge in [-0.15, -0.1) is 0 Å². The van der Waals surface area contributed by atoms with E-state index in [1.165, 1.54) is 25.7 Å². The van der Waals surface area contributed by atoms with E-state index in [-0.39, 0.29) is 0 Å². The fraction of sp³-hybridized carbons (Fsp3) is 0.600. The standard InChI is InChI=1S/C15H21Br2NO/c1-2-10-4-3-5-12(6-10)19-15-13(16)7-11(9-18)8-14(15)17/h7-8,10,12H,2-6,9,18H2,1H3. The van der Waals surface area contributed by atoms with Gasteiger partial charge in [0, 0.05) is 6.54 Å². The first kappa shape index (κ1) is 15.3. The zero-order valence-electron chi connectivity index (χ0n) is 11.3. The average molecular weight is 391 g/mol. The summed E-state index contributed by atoms with van der Waals surface area (Å²) < 4.78 is 8.19. The number of hydrogen-bond acceptors (Lipinski definition) is 2. The molecule has 19 heavy (non-hydrogen) atoms. The molecular weight excluding hydrogens is 370 g/mol. The van der Waals surface area contributed by atoms with Gasteiger partial charge in [-0.05, 0) is 74.7 Å². The number of halogens is 2. The highest BCUT2D eigenvalue weighted by Gasteiger charge is 2.23. The summed E-state index contributed by atoms with van der Waals surface area (Å²) in [5.41, 5.74) is 6.77. The maximum atomic E-state index is 6.21. The Kier molecular flexibility index (Phi) is 5.72. The third-order valence-electron chi connectivity index (χ3n) is 3.89. The van der Waals surface area contributed by atoms with E-state index in [2.05, 4.69) is 38.8 Å². The van der Waals surface area contributed by atoms with Crippen LogP contribution in [0.4, 0.5) is 0 Å². The van der Waals surface area contributed by atoms with Gasteiger partial charge in [0.1, 0.15) is 5.75 Å². The molecule has 1 aromatic carbocycles. The molecule has 1 saturated carbocycles. The van der Waals surface area contributed by atoms with Crippen LogP contribution in [0.2, 0.25) is 0 Å². The van der Waals surface area contributed by atoms with Crippen molar-refractivity contribution in [3.63, 3.8) is 0 Å². The minimum atomic E-state index is 0.343. The number of hydrogen-bond donors (Lipinski definition) is 1. The highest BCUT2D eigenvalue weighted by molar-refractivity contribution is 9.11. The van der Waals surface area contributed by atoms with Crippen molar-refractivity contribution in [1.29, 1.82) is 0 Å². The molecule has 0 amide bonds. The molecule has 2 N–H and O–H groups in total. The van der Waals surface area contributed by atoms with Crippen LogP contribution in [-0.2, 0) is 6.54 Å². The van der Waals surface area contributed by atoms with Gasteiger partial charge in [0.25, 0.3) is 0 Å². The van der Waals surface area contributed by atoms with E-state index in [0.717, 1.165) is 32.6 Å². The van der Waals surface area contributed by atoms with Crippen molar-refractivity contribution in [2.75, 3.05) is 0 Å². The summed E-state index contributed by atoms with van der Waals surface area (Å²) in [6.07, 6.45) is 6.57. The highest BCUT2D eigenvalue weighted by atomic mass is 79.9. The van der Waals surface area contributed by atoms with Gasteiger partial charge in [-0.1, -0.05) is 19.8 Å². The first-order valence-electron chi connectivity index (χ1n) is 6.98. The summed E-state index contributed by atoms with van der Waals surface area (Å²) in [6.45, 7) is 2.81. The predicted molar refractivity (Wildman–Crippen MR) is 86.4 cm³/mol. The number of nitrogens with two attached hydrogens (primary N) is 1. The lowest BCUT2D eigenvalue weighted by molar-refractivity contribution is 0.120. The SMILES string of the molecule is CCC1CCCC(Oc2c(Br)cc(CN)cc2Br)C1. The van der Waals surface area contributed by atoms with Gasteiger partial charge >= 0.3 is 0 Å². The lowest BCUT2D eigenvalue weighted by Crippen LogP contribution is -2.25. The maximum absolute atomic E-state index is 6.21. The molecule has 1 aliphatic carbocycles. The van der Waals surface area contributed by atoms with E-state index < -0.39 is 0 Å². The van der Waals surface area contributed by atoms with Gasteiger partial charge in [0.2, 0.25) is 0 Å². The molecule has 0 bridgehead atoms. The van der Waals surface area contributed by atoms with Crippen LogP contribution in [0.15, 0.2) is 21.1 Å². The smallest absolute Gasteiger partial charge is 0.148 e. The van der Waals surface area contributed by atoms with Gasteiger partial charge in [-0.25, -0.2) is 0 Å². The second-order valence-electron chi connectivity index (χ2n) is 5.27.